The number of hydrogen-bond donors (Lipinski definition) is 1. The molecule has 1 heterocycles. The molecule has 122 valence electrons. The summed E-state index contributed by atoms with van der Waals surface area (Å²) in [6.07, 6.45) is 1.06. The van der Waals surface area contributed by atoms with Gasteiger partial charge in [-0.1, -0.05) is 36.4 Å². The third kappa shape index (κ3) is 3.54. The minimum atomic E-state index is -0.166. The van der Waals surface area contributed by atoms with E-state index in [4.69, 9.17) is 4.74 Å². The maximum Gasteiger partial charge on any atom is 0.128 e. The number of benzene rings is 2. The average Bonchev–Trinajstić information content (AvgIpc) is 2.87. The maximum absolute atomic E-state index is 14.5. The molecular formula is C19H23FN2O. The Kier molecular flexibility index (Phi) is 5.26. The quantitative estimate of drug-likeness (QED) is 0.938. The number of halogens is 1. The van der Waals surface area contributed by atoms with Crippen molar-refractivity contribution < 1.29 is 9.13 Å². The SMILES string of the molecule is COc1ccccc1C(c1ccccc1F)N1CCCNCC1. The summed E-state index contributed by atoms with van der Waals surface area (Å²) in [5, 5.41) is 3.41. The Hall–Kier alpha value is -1.91. The fraction of sp³-hybridized carbons (Fsp3) is 0.368. The van der Waals surface area contributed by atoms with Crippen LogP contribution >= 0.6 is 0 Å². The predicted octanol–water partition coefficient (Wildman–Crippen LogP) is 3.22. The molecule has 0 bridgehead atoms. The van der Waals surface area contributed by atoms with Crippen LogP contribution in [0.1, 0.15) is 23.6 Å². The molecule has 1 fully saturated rings. The molecule has 0 radical (unpaired) electrons. The molecule has 1 saturated heterocycles. The molecule has 3 rings (SSSR count). The molecule has 3 nitrogen and oxygen atoms in total. The topological polar surface area (TPSA) is 24.5 Å². The van der Waals surface area contributed by atoms with Crippen LogP contribution in [-0.2, 0) is 0 Å². The summed E-state index contributed by atoms with van der Waals surface area (Å²) in [6, 6.07) is 14.8. The van der Waals surface area contributed by atoms with Crippen LogP contribution in [0.3, 0.4) is 0 Å². The van der Waals surface area contributed by atoms with Crippen molar-refractivity contribution in [2.45, 2.75) is 12.5 Å². The van der Waals surface area contributed by atoms with Crippen LogP contribution in [0, 0.1) is 5.82 Å². The van der Waals surface area contributed by atoms with Crippen molar-refractivity contribution in [2.75, 3.05) is 33.3 Å². The molecular weight excluding hydrogens is 291 g/mol. The molecule has 0 amide bonds. The normalized spacial score (nSPS) is 17.5. The van der Waals surface area contributed by atoms with Gasteiger partial charge >= 0.3 is 0 Å². The lowest BCUT2D eigenvalue weighted by atomic mass is 9.95. The standard InChI is InChI=1S/C19H23FN2O/c1-23-18-10-5-3-8-16(18)19(15-7-2-4-9-17(15)20)22-13-6-11-21-12-14-22/h2-5,7-10,19,21H,6,11-14H2,1H3. The van der Waals surface area contributed by atoms with Gasteiger partial charge in [-0.15, -0.1) is 0 Å². The van der Waals surface area contributed by atoms with E-state index < -0.39 is 0 Å². The summed E-state index contributed by atoms with van der Waals surface area (Å²) >= 11 is 0. The summed E-state index contributed by atoms with van der Waals surface area (Å²) < 4.78 is 20.1. The van der Waals surface area contributed by atoms with Crippen LogP contribution in [0.15, 0.2) is 48.5 Å². The van der Waals surface area contributed by atoms with E-state index in [1.54, 1.807) is 13.2 Å². The number of ether oxygens (including phenoxy) is 1. The van der Waals surface area contributed by atoms with Crippen LogP contribution in [-0.4, -0.2) is 38.2 Å². The van der Waals surface area contributed by atoms with Crippen LogP contribution in [0.2, 0.25) is 0 Å². The van der Waals surface area contributed by atoms with Gasteiger partial charge in [0.1, 0.15) is 11.6 Å². The van der Waals surface area contributed by atoms with Gasteiger partial charge < -0.3 is 10.1 Å². The minimum Gasteiger partial charge on any atom is -0.496 e. The minimum absolute atomic E-state index is 0.132. The van der Waals surface area contributed by atoms with Crippen LogP contribution in [0.5, 0.6) is 5.75 Å². The summed E-state index contributed by atoms with van der Waals surface area (Å²) in [7, 11) is 1.67. The first-order valence-electron chi connectivity index (χ1n) is 8.13. The first-order valence-corrected chi connectivity index (χ1v) is 8.13. The zero-order valence-electron chi connectivity index (χ0n) is 13.5. The molecule has 1 aliphatic rings. The lowest BCUT2D eigenvalue weighted by Crippen LogP contribution is -2.33. The van der Waals surface area contributed by atoms with Gasteiger partial charge in [-0.3, -0.25) is 4.90 Å². The van der Waals surface area contributed by atoms with E-state index in [-0.39, 0.29) is 11.9 Å². The first-order chi connectivity index (χ1) is 11.3. The van der Waals surface area contributed by atoms with Crippen molar-refractivity contribution in [3.05, 3.63) is 65.5 Å². The predicted molar refractivity (Wildman–Crippen MR) is 90.3 cm³/mol. The Labute approximate surface area is 137 Å². The van der Waals surface area contributed by atoms with Gasteiger partial charge in [0.25, 0.3) is 0 Å². The van der Waals surface area contributed by atoms with Gasteiger partial charge in [0.05, 0.1) is 13.2 Å². The Bertz CT molecular complexity index is 639. The third-order valence-corrected chi connectivity index (χ3v) is 4.37. The van der Waals surface area contributed by atoms with Crippen molar-refractivity contribution in [1.82, 2.24) is 10.2 Å². The van der Waals surface area contributed by atoms with Gasteiger partial charge in [0.2, 0.25) is 0 Å². The monoisotopic (exact) mass is 314 g/mol. The summed E-state index contributed by atoms with van der Waals surface area (Å²) in [6.45, 7) is 3.74. The average molecular weight is 314 g/mol. The van der Waals surface area contributed by atoms with Crippen molar-refractivity contribution in [3.63, 3.8) is 0 Å². The lowest BCUT2D eigenvalue weighted by Gasteiger charge is -2.32. The largest absolute Gasteiger partial charge is 0.496 e. The highest BCUT2D eigenvalue weighted by Gasteiger charge is 2.27. The van der Waals surface area contributed by atoms with Gasteiger partial charge in [0, 0.05) is 30.8 Å². The van der Waals surface area contributed by atoms with E-state index in [9.17, 15) is 4.39 Å². The van der Waals surface area contributed by atoms with Crippen molar-refractivity contribution in [3.8, 4) is 5.75 Å². The van der Waals surface area contributed by atoms with Gasteiger partial charge in [-0.25, -0.2) is 4.39 Å². The zero-order chi connectivity index (χ0) is 16.1. The summed E-state index contributed by atoms with van der Waals surface area (Å²) in [4.78, 5) is 2.34. The lowest BCUT2D eigenvalue weighted by molar-refractivity contribution is 0.232. The molecule has 1 N–H and O–H groups in total. The molecule has 23 heavy (non-hydrogen) atoms. The first kappa shape index (κ1) is 16.0. The highest BCUT2D eigenvalue weighted by molar-refractivity contribution is 5.42. The van der Waals surface area contributed by atoms with Crippen molar-refractivity contribution in [1.29, 1.82) is 0 Å². The molecule has 1 aliphatic heterocycles. The fourth-order valence-electron chi connectivity index (χ4n) is 3.27. The van der Waals surface area contributed by atoms with E-state index in [0.29, 0.717) is 5.56 Å². The Morgan fingerprint density at radius 2 is 1.74 bits per heavy atom. The second kappa shape index (κ2) is 7.57. The second-order valence-electron chi connectivity index (χ2n) is 5.81. The number of para-hydroxylation sites is 1. The van der Waals surface area contributed by atoms with Crippen LogP contribution in [0.25, 0.3) is 0 Å². The maximum atomic E-state index is 14.5. The second-order valence-corrected chi connectivity index (χ2v) is 5.81. The van der Waals surface area contributed by atoms with Crippen molar-refractivity contribution >= 4 is 0 Å². The zero-order valence-corrected chi connectivity index (χ0v) is 13.5. The molecule has 1 atom stereocenters. The van der Waals surface area contributed by atoms with Crippen LogP contribution < -0.4 is 10.1 Å². The molecule has 2 aromatic carbocycles. The van der Waals surface area contributed by atoms with Crippen LogP contribution in [0.4, 0.5) is 4.39 Å². The molecule has 0 spiro atoms. The van der Waals surface area contributed by atoms with E-state index in [1.807, 2.05) is 36.4 Å². The number of nitrogens with zero attached hydrogens (tertiary/aromatic N) is 1. The third-order valence-electron chi connectivity index (χ3n) is 4.37. The van der Waals surface area contributed by atoms with Gasteiger partial charge in [-0.2, -0.15) is 0 Å². The van der Waals surface area contributed by atoms with E-state index in [2.05, 4.69) is 10.2 Å². The van der Waals surface area contributed by atoms with Gasteiger partial charge in [-0.05, 0) is 25.1 Å². The Balaban J connectivity index is 2.07. The molecule has 4 heteroatoms. The summed E-state index contributed by atoms with van der Waals surface area (Å²) in [5.74, 6) is 0.638. The van der Waals surface area contributed by atoms with Crippen molar-refractivity contribution in [2.24, 2.45) is 0 Å². The summed E-state index contributed by atoms with van der Waals surface area (Å²) in [5.41, 5.74) is 1.72. The molecule has 0 aliphatic carbocycles. The van der Waals surface area contributed by atoms with E-state index >= 15 is 0 Å². The highest BCUT2D eigenvalue weighted by atomic mass is 19.1. The fourth-order valence-corrected chi connectivity index (χ4v) is 3.27. The Morgan fingerprint density at radius 1 is 1.00 bits per heavy atom. The number of hydrogen-bond acceptors (Lipinski definition) is 3. The number of methoxy groups -OCH3 is 1. The Morgan fingerprint density at radius 3 is 2.52 bits per heavy atom. The smallest absolute Gasteiger partial charge is 0.128 e. The number of nitrogens with one attached hydrogen (secondary N) is 1. The molecule has 1 unspecified atom stereocenters. The van der Waals surface area contributed by atoms with E-state index in [1.165, 1.54) is 6.07 Å². The highest BCUT2D eigenvalue weighted by Crippen LogP contribution is 2.35. The van der Waals surface area contributed by atoms with Gasteiger partial charge in [0.15, 0.2) is 0 Å². The van der Waals surface area contributed by atoms with E-state index in [0.717, 1.165) is 43.9 Å². The number of rotatable bonds is 4. The molecule has 2 aromatic rings. The molecule has 0 aromatic heterocycles. The molecule has 0 saturated carbocycles.